The number of carbonyl (C=O) groups is 2. The fourth-order valence-electron chi connectivity index (χ4n) is 4.36. The zero-order chi connectivity index (χ0) is 25.6. The predicted octanol–water partition coefficient (Wildman–Crippen LogP) is 4.71. The number of aliphatic hydroxyl groups is 1. The quantitative estimate of drug-likeness (QED) is 0.425. The Balaban J connectivity index is 1.45. The van der Waals surface area contributed by atoms with Gasteiger partial charge in [-0.3, -0.25) is 9.59 Å². The lowest BCUT2D eigenvalue weighted by molar-refractivity contribution is -0.262. The molecule has 10 heteroatoms. The molecular formula is C25H29ClF3N3O3. The van der Waals surface area contributed by atoms with Gasteiger partial charge in [0, 0.05) is 30.9 Å². The zero-order valence-electron chi connectivity index (χ0n) is 19.2. The van der Waals surface area contributed by atoms with Gasteiger partial charge in [-0.2, -0.15) is 13.2 Å². The lowest BCUT2D eigenvalue weighted by Crippen LogP contribution is -2.57. The highest BCUT2D eigenvalue weighted by molar-refractivity contribution is 6.34. The average Bonchev–Trinajstić information content (AvgIpc) is 2.83. The summed E-state index contributed by atoms with van der Waals surface area (Å²) in [6, 6.07) is 11.4. The van der Waals surface area contributed by atoms with Gasteiger partial charge >= 0.3 is 6.18 Å². The van der Waals surface area contributed by atoms with E-state index in [2.05, 4.69) is 5.32 Å². The zero-order valence-corrected chi connectivity index (χ0v) is 19.9. The third-order valence-electron chi connectivity index (χ3n) is 6.42. The van der Waals surface area contributed by atoms with Crippen molar-refractivity contribution in [2.75, 3.05) is 25.0 Å². The van der Waals surface area contributed by atoms with Crippen LogP contribution < -0.4 is 11.1 Å². The Labute approximate surface area is 207 Å². The van der Waals surface area contributed by atoms with Crippen LogP contribution in [0.5, 0.6) is 0 Å². The number of anilines is 1. The van der Waals surface area contributed by atoms with Crippen LogP contribution in [0.4, 0.5) is 18.9 Å². The smallest absolute Gasteiger partial charge is 0.385 e. The van der Waals surface area contributed by atoms with Crippen LogP contribution in [-0.4, -0.2) is 47.6 Å². The molecule has 3 rings (SSSR count). The summed E-state index contributed by atoms with van der Waals surface area (Å²) in [7, 11) is 0. The Morgan fingerprint density at radius 2 is 1.74 bits per heavy atom. The van der Waals surface area contributed by atoms with Crippen LogP contribution in [0.25, 0.3) is 0 Å². The monoisotopic (exact) mass is 511 g/mol. The van der Waals surface area contributed by atoms with Gasteiger partial charge in [0.25, 0.3) is 11.5 Å². The number of piperidine rings is 1. The third-order valence-corrected chi connectivity index (χ3v) is 6.73. The van der Waals surface area contributed by atoms with E-state index in [1.165, 1.54) is 18.2 Å². The lowest BCUT2D eigenvalue weighted by Gasteiger charge is -2.38. The number of rotatable bonds is 9. The number of likely N-dealkylation sites (tertiary alicyclic amines) is 1. The average molecular weight is 512 g/mol. The van der Waals surface area contributed by atoms with Crippen LogP contribution in [0, 0.1) is 5.92 Å². The van der Waals surface area contributed by atoms with Crippen LogP contribution in [0.2, 0.25) is 5.02 Å². The molecule has 0 bridgehead atoms. The van der Waals surface area contributed by atoms with Gasteiger partial charge in [-0.05, 0) is 43.4 Å². The molecule has 1 aliphatic heterocycles. The number of halogens is 4. The van der Waals surface area contributed by atoms with E-state index in [1.807, 2.05) is 0 Å². The molecule has 2 amide bonds. The first-order valence-electron chi connectivity index (χ1n) is 11.5. The molecule has 1 unspecified atom stereocenters. The summed E-state index contributed by atoms with van der Waals surface area (Å²) in [6.07, 6.45) is -1.27. The van der Waals surface area contributed by atoms with E-state index >= 15 is 0 Å². The molecule has 1 fully saturated rings. The van der Waals surface area contributed by atoms with Crippen LogP contribution >= 0.6 is 11.6 Å². The molecule has 190 valence electrons. The number of carbonyl (C=O) groups excluding carboxylic acids is 2. The molecule has 6 nitrogen and oxygen atoms in total. The number of nitrogens with two attached hydrogens (primary N) is 1. The minimum Gasteiger partial charge on any atom is -0.385 e. The number of unbranched alkanes of at least 4 members (excludes halogenated alkanes) is 1. The molecule has 0 aliphatic carbocycles. The van der Waals surface area contributed by atoms with Crippen LogP contribution in [0.1, 0.15) is 48.0 Å². The number of nitrogens with zero attached hydrogens (tertiary/aromatic N) is 1. The molecule has 4 N–H and O–H groups in total. The minimum absolute atomic E-state index is 0.178. The topological polar surface area (TPSA) is 95.7 Å². The number of amides is 2. The Kier molecular flexibility index (Phi) is 8.66. The predicted molar refractivity (Wildman–Crippen MR) is 128 cm³/mol. The molecule has 2 aromatic carbocycles. The van der Waals surface area contributed by atoms with Crippen molar-refractivity contribution in [3.63, 3.8) is 0 Å². The van der Waals surface area contributed by atoms with Crippen molar-refractivity contribution in [1.29, 1.82) is 0 Å². The lowest BCUT2D eigenvalue weighted by atomic mass is 9.88. The largest absolute Gasteiger partial charge is 0.430 e. The van der Waals surface area contributed by atoms with E-state index in [-0.39, 0.29) is 23.7 Å². The fraction of sp³-hybridized carbons (Fsp3) is 0.440. The van der Waals surface area contributed by atoms with Crippen molar-refractivity contribution in [3.05, 3.63) is 64.7 Å². The number of benzene rings is 2. The van der Waals surface area contributed by atoms with Crippen LogP contribution in [-0.2, 0) is 10.4 Å². The van der Waals surface area contributed by atoms with Gasteiger partial charge in [-0.25, -0.2) is 0 Å². The number of primary amides is 1. The third kappa shape index (κ3) is 6.27. The van der Waals surface area contributed by atoms with E-state index in [4.69, 9.17) is 17.3 Å². The van der Waals surface area contributed by atoms with Crippen molar-refractivity contribution in [2.24, 2.45) is 11.7 Å². The summed E-state index contributed by atoms with van der Waals surface area (Å²) in [5.74, 6) is -1.60. The normalized spacial score (nSPS) is 16.5. The summed E-state index contributed by atoms with van der Waals surface area (Å²) < 4.78 is 41.3. The summed E-state index contributed by atoms with van der Waals surface area (Å²) in [4.78, 5) is 25.2. The molecular weight excluding hydrogens is 483 g/mol. The highest BCUT2D eigenvalue weighted by Gasteiger charge is 2.62. The van der Waals surface area contributed by atoms with Gasteiger partial charge < -0.3 is 21.1 Å². The van der Waals surface area contributed by atoms with Gasteiger partial charge in [0.2, 0.25) is 5.91 Å². The van der Waals surface area contributed by atoms with E-state index in [0.717, 1.165) is 42.0 Å². The van der Waals surface area contributed by atoms with Gasteiger partial charge in [0.1, 0.15) is 0 Å². The maximum Gasteiger partial charge on any atom is 0.430 e. The molecule has 0 aromatic heterocycles. The second kappa shape index (κ2) is 11.3. The van der Waals surface area contributed by atoms with E-state index in [0.29, 0.717) is 25.3 Å². The first-order chi connectivity index (χ1) is 16.5. The van der Waals surface area contributed by atoms with Gasteiger partial charge in [0.15, 0.2) is 0 Å². The van der Waals surface area contributed by atoms with E-state index < -0.39 is 29.2 Å². The Hall–Kier alpha value is -2.78. The van der Waals surface area contributed by atoms with Crippen molar-refractivity contribution in [2.45, 2.75) is 43.9 Å². The van der Waals surface area contributed by atoms with Crippen molar-refractivity contribution < 1.29 is 27.9 Å². The number of hydrogen-bond acceptors (Lipinski definition) is 4. The molecule has 0 spiro atoms. The summed E-state index contributed by atoms with van der Waals surface area (Å²) >= 11 is 6.04. The molecule has 1 atom stereocenters. The highest BCUT2D eigenvalue weighted by Crippen LogP contribution is 2.41. The van der Waals surface area contributed by atoms with Crippen LogP contribution in [0.15, 0.2) is 48.5 Å². The van der Waals surface area contributed by atoms with Crippen molar-refractivity contribution in [3.8, 4) is 0 Å². The molecule has 1 saturated heterocycles. The number of hydrogen-bond donors (Lipinski definition) is 3. The summed E-state index contributed by atoms with van der Waals surface area (Å²) in [6.45, 7) is 1.05. The summed E-state index contributed by atoms with van der Waals surface area (Å²) in [5.41, 5.74) is 2.26. The van der Waals surface area contributed by atoms with Gasteiger partial charge in [-0.1, -0.05) is 54.8 Å². The highest BCUT2D eigenvalue weighted by atomic mass is 35.5. The molecule has 2 aromatic rings. The van der Waals surface area contributed by atoms with Gasteiger partial charge in [0.05, 0.1) is 10.6 Å². The Bertz CT molecular complexity index is 1030. The fourth-order valence-corrected chi connectivity index (χ4v) is 4.63. The molecule has 0 saturated carbocycles. The first-order valence-corrected chi connectivity index (χ1v) is 11.9. The molecule has 1 aliphatic rings. The van der Waals surface area contributed by atoms with Crippen LogP contribution in [0.3, 0.4) is 0 Å². The molecule has 0 radical (unpaired) electrons. The molecule has 1 heterocycles. The Morgan fingerprint density at radius 1 is 1.09 bits per heavy atom. The molecule has 35 heavy (non-hydrogen) atoms. The van der Waals surface area contributed by atoms with Crippen molar-refractivity contribution >= 4 is 29.1 Å². The van der Waals surface area contributed by atoms with E-state index in [1.54, 1.807) is 18.2 Å². The maximum absolute atomic E-state index is 13.8. The standard InChI is InChI=1S/C25H29ClF3N3O3/c26-21-16-19(9-10-20(21)22(30)33)31-13-5-4-6-17-11-14-32(15-12-17)23(34)24(35,25(27,28)29)18-7-2-1-3-8-18/h1-3,7-10,16-17,31,35H,4-6,11-15H2,(H2,30,33). The SMILES string of the molecule is NC(=O)c1ccc(NCCCCC2CCN(C(=O)C(O)(c3ccccc3)C(F)(F)F)CC2)cc1Cl. The first kappa shape index (κ1) is 26.8. The van der Waals surface area contributed by atoms with Crippen molar-refractivity contribution in [1.82, 2.24) is 4.90 Å². The second-order valence-electron chi connectivity index (χ2n) is 8.79. The second-order valence-corrected chi connectivity index (χ2v) is 9.20. The number of nitrogens with one attached hydrogen (secondary N) is 1. The summed E-state index contributed by atoms with van der Waals surface area (Å²) in [5, 5.41) is 14.0. The minimum atomic E-state index is -5.13. The number of alkyl halides is 3. The maximum atomic E-state index is 13.8. The van der Waals surface area contributed by atoms with E-state index in [9.17, 15) is 27.9 Å². The Morgan fingerprint density at radius 3 is 2.31 bits per heavy atom. The van der Waals surface area contributed by atoms with Gasteiger partial charge in [-0.15, -0.1) is 0 Å².